The summed E-state index contributed by atoms with van der Waals surface area (Å²) in [6.45, 7) is 3.68. The van der Waals surface area contributed by atoms with Crippen molar-refractivity contribution in [1.82, 2.24) is 20.7 Å². The maximum atomic E-state index is 12.5. The maximum absolute atomic E-state index is 12.5. The molecule has 1 fully saturated rings. The normalized spacial score (nSPS) is 13.9. The van der Waals surface area contributed by atoms with Crippen molar-refractivity contribution >= 4 is 18.0 Å². The van der Waals surface area contributed by atoms with E-state index < -0.39 is 12.1 Å². The zero-order valence-corrected chi connectivity index (χ0v) is 14.0. The molecule has 3 N–H and O–H groups in total. The van der Waals surface area contributed by atoms with Gasteiger partial charge >= 0.3 is 12.1 Å². The van der Waals surface area contributed by atoms with E-state index in [1.165, 1.54) is 6.92 Å². The number of morpholine rings is 1. The Morgan fingerprint density at radius 3 is 2.32 bits per heavy atom. The average molecular weight is 350 g/mol. The van der Waals surface area contributed by atoms with Gasteiger partial charge in [-0.25, -0.2) is 20.0 Å². The fraction of sp³-hybridized carbons (Fsp3) is 0.438. The molecule has 0 aliphatic carbocycles. The summed E-state index contributed by atoms with van der Waals surface area (Å²) < 4.78 is 5.20. The summed E-state index contributed by atoms with van der Waals surface area (Å²) in [5.74, 6) is -0.114. The molecule has 1 heterocycles. The molecule has 1 aliphatic rings. The number of ether oxygens (including phenoxy) is 1. The second kappa shape index (κ2) is 8.88. The van der Waals surface area contributed by atoms with E-state index in [4.69, 9.17) is 9.84 Å². The Balaban J connectivity index is 2.01. The number of carbonyl (C=O) groups is 3. The van der Waals surface area contributed by atoms with Crippen LogP contribution in [0.5, 0.6) is 0 Å². The van der Waals surface area contributed by atoms with Gasteiger partial charge in [0.1, 0.15) is 0 Å². The molecule has 25 heavy (non-hydrogen) atoms. The van der Waals surface area contributed by atoms with Gasteiger partial charge in [0, 0.05) is 26.6 Å². The summed E-state index contributed by atoms with van der Waals surface area (Å²) in [6, 6.07) is 6.82. The molecular formula is C16H22N4O5. The monoisotopic (exact) mass is 350 g/mol. The lowest BCUT2D eigenvalue weighted by atomic mass is 10.1. The highest BCUT2D eigenvalue weighted by Crippen LogP contribution is 2.10. The van der Waals surface area contributed by atoms with Gasteiger partial charge in [0.15, 0.2) is 0 Å². The smallest absolute Gasteiger partial charge is 0.423 e. The molecule has 9 heteroatoms. The fourth-order valence-electron chi connectivity index (χ4n) is 2.37. The maximum Gasteiger partial charge on any atom is 0.423 e. The number of nitrogens with zero attached hydrogens (tertiary/aromatic N) is 2. The summed E-state index contributed by atoms with van der Waals surface area (Å²) in [5.41, 5.74) is 3.82. The topological polar surface area (TPSA) is 111 Å². The van der Waals surface area contributed by atoms with Crippen molar-refractivity contribution in [2.24, 2.45) is 0 Å². The number of nitrogens with one attached hydrogen (secondary N) is 2. The fourth-order valence-corrected chi connectivity index (χ4v) is 2.37. The second-order valence-corrected chi connectivity index (χ2v) is 5.61. The van der Waals surface area contributed by atoms with Gasteiger partial charge in [-0.1, -0.05) is 24.3 Å². The first kappa shape index (κ1) is 18.5. The van der Waals surface area contributed by atoms with Crippen molar-refractivity contribution in [2.75, 3.05) is 26.3 Å². The molecule has 0 spiro atoms. The summed E-state index contributed by atoms with van der Waals surface area (Å²) >= 11 is 0. The highest BCUT2D eigenvalue weighted by Gasteiger charge is 2.24. The molecule has 0 atom stereocenters. The Kier molecular flexibility index (Phi) is 6.58. The second-order valence-electron chi connectivity index (χ2n) is 5.61. The predicted molar refractivity (Wildman–Crippen MR) is 88.5 cm³/mol. The van der Waals surface area contributed by atoms with Gasteiger partial charge in [-0.15, -0.1) is 0 Å². The largest absolute Gasteiger partial charge is 0.464 e. The first-order valence-corrected chi connectivity index (χ1v) is 7.91. The van der Waals surface area contributed by atoms with Crippen molar-refractivity contribution in [3.05, 3.63) is 35.4 Å². The third kappa shape index (κ3) is 5.96. The van der Waals surface area contributed by atoms with Gasteiger partial charge in [0.25, 0.3) is 0 Å². The lowest BCUT2D eigenvalue weighted by molar-refractivity contribution is -0.119. The molecule has 1 aliphatic heterocycles. The molecule has 9 nitrogen and oxygen atoms in total. The zero-order valence-electron chi connectivity index (χ0n) is 14.0. The van der Waals surface area contributed by atoms with E-state index >= 15 is 0 Å². The third-order valence-corrected chi connectivity index (χ3v) is 3.65. The Bertz CT molecular complexity index is 613. The van der Waals surface area contributed by atoms with Crippen molar-refractivity contribution in [1.29, 1.82) is 0 Å². The lowest BCUT2D eigenvalue weighted by Gasteiger charge is -2.32. The van der Waals surface area contributed by atoms with Crippen LogP contribution in [0, 0.1) is 0 Å². The molecule has 0 bridgehead atoms. The minimum absolute atomic E-state index is 0.100. The Hall–Kier alpha value is -2.81. The van der Waals surface area contributed by atoms with E-state index in [1.807, 2.05) is 12.1 Å². The van der Waals surface area contributed by atoms with Crippen LogP contribution in [0.3, 0.4) is 0 Å². The number of urea groups is 1. The third-order valence-electron chi connectivity index (χ3n) is 3.65. The molecule has 1 aromatic carbocycles. The number of benzene rings is 1. The van der Waals surface area contributed by atoms with E-state index in [2.05, 4.69) is 10.7 Å². The van der Waals surface area contributed by atoms with Crippen LogP contribution >= 0.6 is 0 Å². The lowest BCUT2D eigenvalue weighted by Crippen LogP contribution is -2.53. The molecule has 0 aromatic heterocycles. The van der Waals surface area contributed by atoms with Crippen LogP contribution in [0.1, 0.15) is 18.1 Å². The van der Waals surface area contributed by atoms with Gasteiger partial charge in [-0.05, 0) is 11.1 Å². The van der Waals surface area contributed by atoms with Crippen LogP contribution in [0.15, 0.2) is 24.3 Å². The summed E-state index contributed by atoms with van der Waals surface area (Å²) in [7, 11) is 0. The molecule has 4 amide bonds. The number of hydrogen-bond acceptors (Lipinski definition) is 4. The van der Waals surface area contributed by atoms with Crippen molar-refractivity contribution in [3.8, 4) is 0 Å². The van der Waals surface area contributed by atoms with Gasteiger partial charge in [-0.3, -0.25) is 4.79 Å². The summed E-state index contributed by atoms with van der Waals surface area (Å²) in [5, 5.41) is 12.8. The number of hydrogen-bond donors (Lipinski definition) is 3. The molecule has 2 rings (SSSR count). The van der Waals surface area contributed by atoms with Crippen molar-refractivity contribution in [3.63, 3.8) is 0 Å². The van der Waals surface area contributed by atoms with Crippen LogP contribution < -0.4 is 10.7 Å². The standard InChI is InChI=1S/C16H22N4O5/c1-12(21)17-10-13-2-4-14(5-3-13)11-20(18-15(22)23)16(24)19-6-8-25-9-7-19/h2-5,18H,6-11H2,1H3,(H,17,21)(H,22,23). The highest BCUT2D eigenvalue weighted by atomic mass is 16.5. The van der Waals surface area contributed by atoms with Crippen LogP contribution in [0.4, 0.5) is 9.59 Å². The van der Waals surface area contributed by atoms with Crippen LogP contribution in [-0.2, 0) is 22.6 Å². The first-order valence-electron chi connectivity index (χ1n) is 7.91. The number of amides is 4. The van der Waals surface area contributed by atoms with Gasteiger partial charge < -0.3 is 20.1 Å². The average Bonchev–Trinajstić information content (AvgIpc) is 2.60. The van der Waals surface area contributed by atoms with Gasteiger partial charge in [0.2, 0.25) is 5.91 Å². The molecule has 136 valence electrons. The van der Waals surface area contributed by atoms with E-state index in [1.54, 1.807) is 17.0 Å². The van der Waals surface area contributed by atoms with E-state index in [0.717, 1.165) is 16.1 Å². The molecule has 1 saturated heterocycles. The van der Waals surface area contributed by atoms with E-state index in [-0.39, 0.29) is 12.5 Å². The van der Waals surface area contributed by atoms with Crippen molar-refractivity contribution in [2.45, 2.75) is 20.0 Å². The predicted octanol–water partition coefficient (Wildman–Crippen LogP) is 0.760. The number of carbonyl (C=O) groups excluding carboxylic acids is 2. The van der Waals surface area contributed by atoms with E-state index in [0.29, 0.717) is 32.8 Å². The number of rotatable bonds is 4. The molecular weight excluding hydrogens is 328 g/mol. The van der Waals surface area contributed by atoms with Crippen LogP contribution in [-0.4, -0.2) is 59.4 Å². The molecule has 0 radical (unpaired) electrons. The Morgan fingerprint density at radius 1 is 1.16 bits per heavy atom. The van der Waals surface area contributed by atoms with E-state index in [9.17, 15) is 14.4 Å². The Labute approximate surface area is 145 Å². The number of carboxylic acid groups (broad SMARTS) is 1. The molecule has 1 aromatic rings. The minimum atomic E-state index is -1.30. The Morgan fingerprint density at radius 2 is 1.76 bits per heavy atom. The quantitative estimate of drug-likeness (QED) is 0.694. The SMILES string of the molecule is CC(=O)NCc1ccc(CN(NC(=O)O)C(=O)N2CCOCC2)cc1. The molecule has 0 saturated carbocycles. The zero-order chi connectivity index (χ0) is 18.2. The van der Waals surface area contributed by atoms with Gasteiger partial charge in [-0.2, -0.15) is 0 Å². The number of hydrazine groups is 1. The van der Waals surface area contributed by atoms with Crippen LogP contribution in [0.2, 0.25) is 0 Å². The summed E-state index contributed by atoms with van der Waals surface area (Å²) in [6.07, 6.45) is -1.30. The molecule has 0 unspecified atom stereocenters. The van der Waals surface area contributed by atoms with Gasteiger partial charge in [0.05, 0.1) is 19.8 Å². The van der Waals surface area contributed by atoms with Crippen molar-refractivity contribution < 1.29 is 24.2 Å². The summed E-state index contributed by atoms with van der Waals surface area (Å²) in [4.78, 5) is 36.0. The van der Waals surface area contributed by atoms with Crippen LogP contribution in [0.25, 0.3) is 0 Å². The minimum Gasteiger partial charge on any atom is -0.464 e. The highest BCUT2D eigenvalue weighted by molar-refractivity contribution is 5.77. The first-order chi connectivity index (χ1) is 12.0.